The van der Waals surface area contributed by atoms with Gasteiger partial charge >= 0.3 is 0 Å². The molecule has 1 atom stereocenters. The smallest absolute Gasteiger partial charge is 0.242 e. The van der Waals surface area contributed by atoms with Crippen molar-refractivity contribution in [3.63, 3.8) is 0 Å². The zero-order valence-corrected chi connectivity index (χ0v) is 22.4. The molecule has 1 heterocycles. The van der Waals surface area contributed by atoms with E-state index < -0.39 is 21.9 Å². The van der Waals surface area contributed by atoms with Gasteiger partial charge in [-0.05, 0) is 45.4 Å². The van der Waals surface area contributed by atoms with Gasteiger partial charge in [0.15, 0.2) is 11.5 Å². The van der Waals surface area contributed by atoms with Gasteiger partial charge in [-0.3, -0.25) is 13.9 Å². The third-order valence-corrected chi connectivity index (χ3v) is 7.06. The van der Waals surface area contributed by atoms with Gasteiger partial charge in [-0.25, -0.2) is 12.8 Å². The summed E-state index contributed by atoms with van der Waals surface area (Å²) in [6.07, 6.45) is 1.24. The second kappa shape index (κ2) is 12.3. The Hall–Kier alpha value is -3.34. The highest BCUT2D eigenvalue weighted by atomic mass is 32.2. The molecule has 2 aromatic carbocycles. The Morgan fingerprint density at radius 2 is 1.73 bits per heavy atom. The van der Waals surface area contributed by atoms with Crippen LogP contribution in [0.3, 0.4) is 0 Å². The Kier molecular flexibility index (Phi) is 9.36. The quantitative estimate of drug-likeness (QED) is 0.474. The molecule has 3 rings (SSSR count). The first-order valence-corrected chi connectivity index (χ1v) is 14.0. The molecule has 1 aliphatic heterocycles. The van der Waals surface area contributed by atoms with Crippen molar-refractivity contribution in [3.05, 3.63) is 53.8 Å². The van der Waals surface area contributed by atoms with E-state index in [-0.39, 0.29) is 49.4 Å². The van der Waals surface area contributed by atoms with Crippen LogP contribution >= 0.6 is 0 Å². The topological polar surface area (TPSA) is 105 Å². The van der Waals surface area contributed by atoms with Crippen LogP contribution in [-0.4, -0.2) is 63.2 Å². The van der Waals surface area contributed by atoms with Gasteiger partial charge in [-0.15, -0.1) is 0 Å². The van der Waals surface area contributed by atoms with Crippen molar-refractivity contribution in [3.8, 4) is 11.5 Å². The summed E-state index contributed by atoms with van der Waals surface area (Å²) in [6.45, 7) is 5.94. The summed E-state index contributed by atoms with van der Waals surface area (Å²) in [7, 11) is -3.66. The maximum atomic E-state index is 14.4. The summed E-state index contributed by atoms with van der Waals surface area (Å²) in [4.78, 5) is 27.3. The monoisotopic (exact) mass is 535 g/mol. The summed E-state index contributed by atoms with van der Waals surface area (Å²) < 4.78 is 51.7. The molecule has 0 aliphatic carbocycles. The minimum atomic E-state index is -3.66. The van der Waals surface area contributed by atoms with E-state index in [9.17, 15) is 22.4 Å². The molecule has 2 aromatic rings. The van der Waals surface area contributed by atoms with Crippen molar-refractivity contribution in [2.75, 3.05) is 30.3 Å². The van der Waals surface area contributed by atoms with Crippen LogP contribution in [0.2, 0.25) is 0 Å². The summed E-state index contributed by atoms with van der Waals surface area (Å²) in [6, 6.07) is 9.98. The summed E-state index contributed by atoms with van der Waals surface area (Å²) in [5.74, 6) is -0.219. The summed E-state index contributed by atoms with van der Waals surface area (Å²) >= 11 is 0. The van der Waals surface area contributed by atoms with E-state index in [0.717, 1.165) is 6.26 Å². The van der Waals surface area contributed by atoms with Gasteiger partial charge in [-0.1, -0.05) is 18.2 Å². The number of nitrogens with one attached hydrogen (secondary N) is 1. The number of hydrogen-bond acceptors (Lipinski definition) is 6. The van der Waals surface area contributed by atoms with E-state index >= 15 is 0 Å². The highest BCUT2D eigenvalue weighted by Crippen LogP contribution is 2.34. The number of carbonyl (C=O) groups is 2. The molecule has 0 spiro atoms. The van der Waals surface area contributed by atoms with Gasteiger partial charge in [0.1, 0.15) is 25.1 Å². The number of carbonyl (C=O) groups excluding carboxylic acids is 2. The van der Waals surface area contributed by atoms with Gasteiger partial charge in [0.05, 0.1) is 11.9 Å². The molecular formula is C26H34FN3O6S. The maximum absolute atomic E-state index is 14.4. The number of hydrogen-bond donors (Lipinski definition) is 1. The van der Waals surface area contributed by atoms with Crippen molar-refractivity contribution in [2.45, 2.75) is 52.2 Å². The van der Waals surface area contributed by atoms with Crippen molar-refractivity contribution in [1.82, 2.24) is 10.2 Å². The van der Waals surface area contributed by atoms with Crippen LogP contribution in [0, 0.1) is 5.82 Å². The van der Waals surface area contributed by atoms with Crippen LogP contribution < -0.4 is 19.1 Å². The van der Waals surface area contributed by atoms with Gasteiger partial charge in [-0.2, -0.15) is 0 Å². The molecule has 37 heavy (non-hydrogen) atoms. The van der Waals surface area contributed by atoms with E-state index in [4.69, 9.17) is 9.47 Å². The zero-order valence-electron chi connectivity index (χ0n) is 21.6. The fraction of sp³-hybridized carbons (Fsp3) is 0.462. The van der Waals surface area contributed by atoms with Gasteiger partial charge in [0.25, 0.3) is 0 Å². The molecule has 0 saturated carbocycles. The molecule has 0 aromatic heterocycles. The molecule has 2 amide bonds. The third kappa shape index (κ3) is 7.58. The Balaban J connectivity index is 1.74. The number of rotatable bonds is 11. The highest BCUT2D eigenvalue weighted by molar-refractivity contribution is 7.92. The van der Waals surface area contributed by atoms with E-state index in [1.54, 1.807) is 43.3 Å². The molecule has 0 fully saturated rings. The lowest BCUT2D eigenvalue weighted by atomic mass is 10.1. The van der Waals surface area contributed by atoms with Crippen LogP contribution in [0.4, 0.5) is 10.1 Å². The minimum Gasteiger partial charge on any atom is -0.486 e. The SMILES string of the molecule is CC(C)NC(=O)[C@@H](C)N(Cc1ccccc1F)C(=O)CCCN(c1ccc2c(c1)OCCO2)S(C)(=O)=O. The molecule has 9 nitrogen and oxygen atoms in total. The zero-order chi connectivity index (χ0) is 27.2. The number of sulfonamides is 1. The average Bonchev–Trinajstić information content (AvgIpc) is 2.84. The Morgan fingerprint density at radius 3 is 2.38 bits per heavy atom. The van der Waals surface area contributed by atoms with Crippen LogP contribution in [0.15, 0.2) is 42.5 Å². The molecule has 1 aliphatic rings. The van der Waals surface area contributed by atoms with Gasteiger partial charge in [0, 0.05) is 37.2 Å². The fourth-order valence-corrected chi connectivity index (χ4v) is 4.95. The predicted octanol–water partition coefficient (Wildman–Crippen LogP) is 3.09. The van der Waals surface area contributed by atoms with Crippen molar-refractivity contribution >= 4 is 27.5 Å². The minimum absolute atomic E-state index is 0.0321. The summed E-state index contributed by atoms with van der Waals surface area (Å²) in [5, 5.41) is 2.78. The Morgan fingerprint density at radius 1 is 1.05 bits per heavy atom. The second-order valence-electron chi connectivity index (χ2n) is 9.22. The van der Waals surface area contributed by atoms with Crippen molar-refractivity contribution < 1.29 is 31.9 Å². The van der Waals surface area contributed by atoms with Crippen molar-refractivity contribution in [2.24, 2.45) is 0 Å². The number of ether oxygens (including phenoxy) is 2. The first-order chi connectivity index (χ1) is 17.5. The fourth-order valence-electron chi connectivity index (χ4n) is 3.99. The first-order valence-electron chi connectivity index (χ1n) is 12.2. The number of anilines is 1. The molecule has 0 bridgehead atoms. The molecule has 1 N–H and O–H groups in total. The largest absolute Gasteiger partial charge is 0.486 e. The molecule has 0 radical (unpaired) electrons. The van der Waals surface area contributed by atoms with Crippen LogP contribution in [0.1, 0.15) is 39.2 Å². The molecule has 11 heteroatoms. The van der Waals surface area contributed by atoms with Gasteiger partial charge in [0.2, 0.25) is 21.8 Å². The lowest BCUT2D eigenvalue weighted by Crippen LogP contribution is -2.49. The first kappa shape index (κ1) is 28.2. The van der Waals surface area contributed by atoms with E-state index in [1.807, 2.05) is 13.8 Å². The number of halogens is 1. The lowest BCUT2D eigenvalue weighted by Gasteiger charge is -2.30. The van der Waals surface area contributed by atoms with Crippen LogP contribution in [-0.2, 0) is 26.2 Å². The van der Waals surface area contributed by atoms with E-state index in [2.05, 4.69) is 5.32 Å². The number of fused-ring (bicyclic) bond motifs is 1. The number of nitrogens with zero attached hydrogens (tertiary/aromatic N) is 2. The van der Waals surface area contributed by atoms with Gasteiger partial charge < -0.3 is 19.7 Å². The second-order valence-corrected chi connectivity index (χ2v) is 11.1. The standard InChI is InChI=1S/C26H34FN3O6S/c1-18(2)28-26(32)19(3)29(17-20-8-5-6-9-22(20)27)25(31)10-7-13-30(37(4,33)34)21-11-12-23-24(16-21)36-15-14-35-23/h5-6,8-9,11-12,16,18-19H,7,10,13-15,17H2,1-4H3,(H,28,32)/t19-/m1/s1. The predicted molar refractivity (Wildman–Crippen MR) is 139 cm³/mol. The molecular weight excluding hydrogens is 501 g/mol. The molecule has 0 unspecified atom stereocenters. The van der Waals surface area contributed by atoms with Crippen molar-refractivity contribution in [1.29, 1.82) is 0 Å². The third-order valence-electron chi connectivity index (χ3n) is 5.86. The normalized spacial score (nSPS) is 13.7. The highest BCUT2D eigenvalue weighted by Gasteiger charge is 2.28. The van der Waals surface area contributed by atoms with Crippen LogP contribution in [0.5, 0.6) is 11.5 Å². The van der Waals surface area contributed by atoms with E-state index in [1.165, 1.54) is 15.3 Å². The Labute approximate surface area is 217 Å². The lowest BCUT2D eigenvalue weighted by molar-refractivity contribution is -0.140. The average molecular weight is 536 g/mol. The van der Waals surface area contributed by atoms with Crippen LogP contribution in [0.25, 0.3) is 0 Å². The Bertz CT molecular complexity index is 1220. The molecule has 202 valence electrons. The maximum Gasteiger partial charge on any atom is 0.242 e. The number of amides is 2. The number of benzene rings is 2. The molecule has 0 saturated heterocycles. The summed E-state index contributed by atoms with van der Waals surface area (Å²) in [5.41, 5.74) is 0.682. The van der Waals surface area contributed by atoms with E-state index in [0.29, 0.717) is 30.4 Å².